The van der Waals surface area contributed by atoms with Crippen molar-refractivity contribution in [1.82, 2.24) is 0 Å². The Hall–Kier alpha value is -1.13. The monoisotopic (exact) mass is 210 g/mol. The fourth-order valence-corrected chi connectivity index (χ4v) is 1.94. The molecule has 1 saturated heterocycles. The molecule has 2 heterocycles. The fourth-order valence-electron chi connectivity index (χ4n) is 1.94. The van der Waals surface area contributed by atoms with E-state index in [1.807, 2.05) is 0 Å². The van der Waals surface area contributed by atoms with Crippen LogP contribution in [-0.4, -0.2) is 23.9 Å². The highest BCUT2D eigenvalue weighted by Gasteiger charge is 2.39. The number of aliphatic hydroxyl groups excluding tert-OH is 1. The SMILES string of the molecule is O[C@@H]1C[C@@H]([C@@H]2CO2)Oc2ccc(F)cc21. The Morgan fingerprint density at radius 2 is 2.13 bits per heavy atom. The molecule has 0 bridgehead atoms. The summed E-state index contributed by atoms with van der Waals surface area (Å²) in [7, 11) is 0. The number of hydrogen-bond acceptors (Lipinski definition) is 3. The quantitative estimate of drug-likeness (QED) is 0.712. The number of halogens is 1. The summed E-state index contributed by atoms with van der Waals surface area (Å²) in [5.41, 5.74) is 0.534. The molecule has 80 valence electrons. The third kappa shape index (κ3) is 1.60. The number of fused-ring (bicyclic) bond motifs is 1. The van der Waals surface area contributed by atoms with Crippen LogP contribution in [0.4, 0.5) is 4.39 Å². The second-order valence-electron chi connectivity index (χ2n) is 3.96. The fraction of sp³-hybridized carbons (Fsp3) is 0.455. The molecule has 1 aromatic carbocycles. The van der Waals surface area contributed by atoms with Gasteiger partial charge in [0.2, 0.25) is 0 Å². The van der Waals surface area contributed by atoms with Gasteiger partial charge in [-0.1, -0.05) is 0 Å². The molecule has 1 fully saturated rings. The summed E-state index contributed by atoms with van der Waals surface area (Å²) in [6.07, 6.45) is -0.185. The zero-order valence-electron chi connectivity index (χ0n) is 8.02. The van der Waals surface area contributed by atoms with Gasteiger partial charge >= 0.3 is 0 Å². The van der Waals surface area contributed by atoms with Crippen molar-refractivity contribution >= 4 is 0 Å². The standard InChI is InChI=1S/C11H11FO3/c12-6-1-2-9-7(3-6)8(13)4-10(15-9)11-5-14-11/h1-3,8,10-11,13H,4-5H2/t8-,10+,11+/m1/s1. The zero-order chi connectivity index (χ0) is 10.4. The van der Waals surface area contributed by atoms with Crippen LogP contribution < -0.4 is 4.74 Å². The molecule has 2 aliphatic heterocycles. The number of rotatable bonds is 1. The molecule has 0 aliphatic carbocycles. The highest BCUT2D eigenvalue weighted by Crippen LogP contribution is 2.38. The van der Waals surface area contributed by atoms with Crippen LogP contribution in [0.25, 0.3) is 0 Å². The Kier molecular flexibility index (Phi) is 1.94. The highest BCUT2D eigenvalue weighted by atomic mass is 19.1. The van der Waals surface area contributed by atoms with E-state index in [1.165, 1.54) is 12.1 Å². The summed E-state index contributed by atoms with van der Waals surface area (Å²) >= 11 is 0. The minimum Gasteiger partial charge on any atom is -0.487 e. The van der Waals surface area contributed by atoms with Gasteiger partial charge in [-0.05, 0) is 18.2 Å². The van der Waals surface area contributed by atoms with E-state index in [1.54, 1.807) is 6.07 Å². The molecular formula is C11H11FO3. The minimum absolute atomic E-state index is 0.0952. The molecule has 4 heteroatoms. The summed E-state index contributed by atoms with van der Waals surface area (Å²) < 4.78 is 23.7. The topological polar surface area (TPSA) is 42.0 Å². The van der Waals surface area contributed by atoms with Crippen molar-refractivity contribution in [2.24, 2.45) is 0 Å². The number of benzene rings is 1. The molecular weight excluding hydrogens is 199 g/mol. The van der Waals surface area contributed by atoms with Gasteiger partial charge in [0.15, 0.2) is 0 Å². The summed E-state index contributed by atoms with van der Waals surface area (Å²) in [6.45, 7) is 0.688. The van der Waals surface area contributed by atoms with Crippen LogP contribution >= 0.6 is 0 Å². The van der Waals surface area contributed by atoms with Gasteiger partial charge < -0.3 is 14.6 Å². The molecule has 3 nitrogen and oxygen atoms in total. The van der Waals surface area contributed by atoms with E-state index < -0.39 is 6.10 Å². The normalized spacial score (nSPS) is 33.1. The first-order chi connectivity index (χ1) is 7.24. The lowest BCUT2D eigenvalue weighted by molar-refractivity contribution is 0.0504. The maximum Gasteiger partial charge on any atom is 0.130 e. The number of epoxide rings is 1. The second kappa shape index (κ2) is 3.18. The van der Waals surface area contributed by atoms with E-state index in [-0.39, 0.29) is 18.0 Å². The van der Waals surface area contributed by atoms with Crippen molar-refractivity contribution in [2.45, 2.75) is 24.7 Å². The van der Waals surface area contributed by atoms with Crippen molar-refractivity contribution in [3.05, 3.63) is 29.6 Å². The lowest BCUT2D eigenvalue weighted by Crippen LogP contribution is -2.30. The largest absolute Gasteiger partial charge is 0.487 e. The summed E-state index contributed by atoms with van der Waals surface area (Å²) in [5, 5.41) is 9.83. The molecule has 0 aromatic heterocycles. The number of aliphatic hydroxyl groups is 1. The van der Waals surface area contributed by atoms with Crippen molar-refractivity contribution in [1.29, 1.82) is 0 Å². The third-order valence-corrected chi connectivity index (χ3v) is 2.84. The van der Waals surface area contributed by atoms with Crippen LogP contribution in [-0.2, 0) is 4.74 Å². The van der Waals surface area contributed by atoms with Crippen molar-refractivity contribution in [3.8, 4) is 5.75 Å². The summed E-state index contributed by atoms with van der Waals surface area (Å²) in [5.74, 6) is 0.216. The first kappa shape index (κ1) is 9.12. The van der Waals surface area contributed by atoms with Crippen molar-refractivity contribution in [3.63, 3.8) is 0 Å². The predicted octanol–water partition coefficient (Wildman–Crippen LogP) is 1.41. The number of hydrogen-bond donors (Lipinski definition) is 1. The molecule has 3 atom stereocenters. The minimum atomic E-state index is -0.654. The van der Waals surface area contributed by atoms with Crippen LogP contribution in [0.5, 0.6) is 5.75 Å². The Morgan fingerprint density at radius 1 is 1.33 bits per heavy atom. The zero-order valence-corrected chi connectivity index (χ0v) is 8.02. The van der Waals surface area contributed by atoms with Gasteiger partial charge in [-0.15, -0.1) is 0 Å². The predicted molar refractivity (Wildman–Crippen MR) is 50.1 cm³/mol. The van der Waals surface area contributed by atoms with Gasteiger partial charge in [0.25, 0.3) is 0 Å². The van der Waals surface area contributed by atoms with Crippen LogP contribution in [0.1, 0.15) is 18.1 Å². The van der Waals surface area contributed by atoms with Gasteiger partial charge in [-0.3, -0.25) is 0 Å². The number of ether oxygens (including phenoxy) is 2. The van der Waals surface area contributed by atoms with E-state index in [0.29, 0.717) is 24.3 Å². The molecule has 0 amide bonds. The average Bonchev–Trinajstić information content (AvgIpc) is 3.02. The lowest BCUT2D eigenvalue weighted by atomic mass is 9.97. The molecule has 1 N–H and O–H groups in total. The van der Waals surface area contributed by atoms with Crippen LogP contribution in [0.15, 0.2) is 18.2 Å². The molecule has 0 unspecified atom stereocenters. The summed E-state index contributed by atoms with van der Waals surface area (Å²) in [4.78, 5) is 0. The Balaban J connectivity index is 1.93. The highest BCUT2D eigenvalue weighted by molar-refractivity contribution is 5.37. The van der Waals surface area contributed by atoms with Gasteiger partial charge in [-0.2, -0.15) is 0 Å². The van der Waals surface area contributed by atoms with E-state index in [0.717, 1.165) is 0 Å². The van der Waals surface area contributed by atoms with Gasteiger partial charge in [-0.25, -0.2) is 4.39 Å². The molecule has 1 aromatic rings. The van der Waals surface area contributed by atoms with E-state index in [9.17, 15) is 9.50 Å². The van der Waals surface area contributed by atoms with E-state index >= 15 is 0 Å². The van der Waals surface area contributed by atoms with E-state index in [2.05, 4.69) is 0 Å². The van der Waals surface area contributed by atoms with Crippen molar-refractivity contribution < 1.29 is 19.0 Å². The lowest BCUT2D eigenvalue weighted by Gasteiger charge is -2.28. The smallest absolute Gasteiger partial charge is 0.130 e. The molecule has 0 spiro atoms. The third-order valence-electron chi connectivity index (χ3n) is 2.84. The van der Waals surface area contributed by atoms with E-state index in [4.69, 9.17) is 9.47 Å². The summed E-state index contributed by atoms with van der Waals surface area (Å²) in [6, 6.07) is 4.22. The maximum absolute atomic E-state index is 12.9. The van der Waals surface area contributed by atoms with Crippen LogP contribution in [0, 0.1) is 5.82 Å². The first-order valence-corrected chi connectivity index (χ1v) is 5.00. The molecule has 15 heavy (non-hydrogen) atoms. The molecule has 2 aliphatic rings. The average molecular weight is 210 g/mol. The molecule has 0 radical (unpaired) electrons. The van der Waals surface area contributed by atoms with Crippen LogP contribution in [0.2, 0.25) is 0 Å². The van der Waals surface area contributed by atoms with Gasteiger partial charge in [0.05, 0.1) is 12.7 Å². The van der Waals surface area contributed by atoms with Crippen molar-refractivity contribution in [2.75, 3.05) is 6.61 Å². The Morgan fingerprint density at radius 3 is 2.87 bits per heavy atom. The van der Waals surface area contributed by atoms with Gasteiger partial charge in [0.1, 0.15) is 23.8 Å². The van der Waals surface area contributed by atoms with Gasteiger partial charge in [0, 0.05) is 12.0 Å². The molecule has 0 saturated carbocycles. The first-order valence-electron chi connectivity index (χ1n) is 5.00. The maximum atomic E-state index is 12.9. The Labute approximate surface area is 86.4 Å². The van der Waals surface area contributed by atoms with Crippen LogP contribution in [0.3, 0.4) is 0 Å². The molecule has 3 rings (SSSR count). The second-order valence-corrected chi connectivity index (χ2v) is 3.96. The Bertz CT molecular complexity index is 389.